The van der Waals surface area contributed by atoms with Crippen LogP contribution in [0, 0.1) is 0 Å². The Balaban J connectivity index is 1.78. The summed E-state index contributed by atoms with van der Waals surface area (Å²) >= 11 is 0. The number of alkyl halides is 3. The van der Waals surface area contributed by atoms with Gasteiger partial charge < -0.3 is 14.2 Å². The molecule has 7 heteroatoms. The smallest absolute Gasteiger partial charge is 0.417 e. The van der Waals surface area contributed by atoms with E-state index >= 15 is 0 Å². The Morgan fingerprint density at radius 2 is 1.85 bits per heavy atom. The van der Waals surface area contributed by atoms with Gasteiger partial charge in [-0.05, 0) is 18.2 Å². The molecule has 0 amide bonds. The average Bonchev–Trinajstić information content (AvgIpc) is 2.86. The Labute approximate surface area is 111 Å². The SMILES string of the molecule is FC(F)(F)c1ccc(Oc2ccc3c(c2)OCO3)nc1. The molecule has 0 spiro atoms. The number of ether oxygens (including phenoxy) is 3. The molecule has 0 bridgehead atoms. The van der Waals surface area contributed by atoms with Gasteiger partial charge in [0.15, 0.2) is 11.5 Å². The summed E-state index contributed by atoms with van der Waals surface area (Å²) in [6.07, 6.45) is -3.69. The van der Waals surface area contributed by atoms with Crippen LogP contribution in [0.2, 0.25) is 0 Å². The maximum absolute atomic E-state index is 12.4. The Kier molecular flexibility index (Phi) is 2.89. The summed E-state index contributed by atoms with van der Waals surface area (Å²) in [6.45, 7) is 0.136. The highest BCUT2D eigenvalue weighted by molar-refractivity contribution is 5.47. The lowest BCUT2D eigenvalue weighted by Gasteiger charge is -2.08. The second kappa shape index (κ2) is 4.59. The number of pyridine rings is 1. The van der Waals surface area contributed by atoms with Gasteiger partial charge in [-0.3, -0.25) is 0 Å². The molecule has 0 fully saturated rings. The molecule has 1 aliphatic heterocycles. The van der Waals surface area contributed by atoms with Crippen LogP contribution in [0.4, 0.5) is 13.2 Å². The third kappa shape index (κ3) is 2.47. The minimum Gasteiger partial charge on any atom is -0.454 e. The maximum atomic E-state index is 12.4. The highest BCUT2D eigenvalue weighted by Gasteiger charge is 2.30. The van der Waals surface area contributed by atoms with E-state index in [1.807, 2.05) is 0 Å². The van der Waals surface area contributed by atoms with E-state index in [1.54, 1.807) is 18.2 Å². The zero-order valence-corrected chi connectivity index (χ0v) is 9.98. The second-order valence-corrected chi connectivity index (χ2v) is 4.00. The normalized spacial score (nSPS) is 13.3. The van der Waals surface area contributed by atoms with Gasteiger partial charge in [-0.2, -0.15) is 13.2 Å². The summed E-state index contributed by atoms with van der Waals surface area (Å²) < 4.78 is 52.8. The molecule has 20 heavy (non-hydrogen) atoms. The molecule has 1 aromatic carbocycles. The number of aromatic nitrogens is 1. The first kappa shape index (κ1) is 12.6. The van der Waals surface area contributed by atoms with E-state index in [-0.39, 0.29) is 12.7 Å². The van der Waals surface area contributed by atoms with Crippen LogP contribution in [0.5, 0.6) is 23.1 Å². The monoisotopic (exact) mass is 283 g/mol. The molecule has 0 saturated heterocycles. The Morgan fingerprint density at radius 1 is 1.05 bits per heavy atom. The van der Waals surface area contributed by atoms with Gasteiger partial charge in [0, 0.05) is 18.3 Å². The molecule has 1 aliphatic rings. The first-order valence-electron chi connectivity index (χ1n) is 5.63. The zero-order chi connectivity index (χ0) is 14.2. The minimum absolute atomic E-state index is 0.0665. The molecule has 0 aliphatic carbocycles. The van der Waals surface area contributed by atoms with Gasteiger partial charge in [0.25, 0.3) is 0 Å². The van der Waals surface area contributed by atoms with Crippen molar-refractivity contribution in [3.05, 3.63) is 42.1 Å². The lowest BCUT2D eigenvalue weighted by atomic mass is 10.3. The predicted octanol–water partition coefficient (Wildman–Crippen LogP) is 3.62. The largest absolute Gasteiger partial charge is 0.454 e. The zero-order valence-electron chi connectivity index (χ0n) is 9.98. The van der Waals surface area contributed by atoms with Crippen LogP contribution in [0.15, 0.2) is 36.5 Å². The van der Waals surface area contributed by atoms with Crippen molar-refractivity contribution in [2.24, 2.45) is 0 Å². The van der Waals surface area contributed by atoms with Crippen LogP contribution in [-0.2, 0) is 6.18 Å². The van der Waals surface area contributed by atoms with Gasteiger partial charge in [-0.15, -0.1) is 0 Å². The van der Waals surface area contributed by atoms with E-state index in [0.29, 0.717) is 17.2 Å². The molecule has 2 aromatic rings. The molecule has 2 heterocycles. The molecule has 0 N–H and O–H groups in total. The Bertz CT molecular complexity index is 626. The van der Waals surface area contributed by atoms with Gasteiger partial charge in [-0.1, -0.05) is 0 Å². The summed E-state index contributed by atoms with van der Waals surface area (Å²) in [7, 11) is 0. The Morgan fingerprint density at radius 3 is 2.55 bits per heavy atom. The van der Waals surface area contributed by atoms with Crippen molar-refractivity contribution < 1.29 is 27.4 Å². The number of halogens is 3. The number of benzene rings is 1. The van der Waals surface area contributed by atoms with Crippen molar-refractivity contribution in [2.45, 2.75) is 6.18 Å². The molecule has 0 atom stereocenters. The number of hydrogen-bond acceptors (Lipinski definition) is 4. The quantitative estimate of drug-likeness (QED) is 0.844. The Hall–Kier alpha value is -2.44. The van der Waals surface area contributed by atoms with E-state index < -0.39 is 11.7 Å². The lowest BCUT2D eigenvalue weighted by molar-refractivity contribution is -0.137. The van der Waals surface area contributed by atoms with Crippen LogP contribution < -0.4 is 14.2 Å². The molecular formula is C13H8F3NO3. The highest BCUT2D eigenvalue weighted by atomic mass is 19.4. The summed E-state index contributed by atoms with van der Waals surface area (Å²) in [5.74, 6) is 1.59. The molecule has 4 nitrogen and oxygen atoms in total. The van der Waals surface area contributed by atoms with Gasteiger partial charge in [0.2, 0.25) is 12.7 Å². The van der Waals surface area contributed by atoms with Gasteiger partial charge in [-0.25, -0.2) is 4.98 Å². The first-order chi connectivity index (χ1) is 9.52. The molecule has 0 unspecified atom stereocenters. The standard InChI is InChI=1S/C13H8F3NO3/c14-13(15,16)8-1-4-12(17-6-8)20-9-2-3-10-11(5-9)19-7-18-10/h1-6H,7H2. The molecular weight excluding hydrogens is 275 g/mol. The summed E-state index contributed by atoms with van der Waals surface area (Å²) in [5, 5.41) is 0. The van der Waals surface area contributed by atoms with Gasteiger partial charge in [0.1, 0.15) is 5.75 Å². The average molecular weight is 283 g/mol. The minimum atomic E-state index is -4.41. The second-order valence-electron chi connectivity index (χ2n) is 4.00. The van der Waals surface area contributed by atoms with E-state index in [0.717, 1.165) is 18.3 Å². The van der Waals surface area contributed by atoms with E-state index in [4.69, 9.17) is 14.2 Å². The van der Waals surface area contributed by atoms with Crippen molar-refractivity contribution >= 4 is 0 Å². The van der Waals surface area contributed by atoms with Crippen molar-refractivity contribution in [3.63, 3.8) is 0 Å². The summed E-state index contributed by atoms with van der Waals surface area (Å²) in [6, 6.07) is 6.93. The van der Waals surface area contributed by atoms with Crippen molar-refractivity contribution in [3.8, 4) is 23.1 Å². The van der Waals surface area contributed by atoms with Crippen LogP contribution in [0.3, 0.4) is 0 Å². The third-order valence-corrected chi connectivity index (χ3v) is 2.63. The van der Waals surface area contributed by atoms with Crippen molar-refractivity contribution in [1.82, 2.24) is 4.98 Å². The lowest BCUT2D eigenvalue weighted by Crippen LogP contribution is -2.05. The van der Waals surface area contributed by atoms with Crippen molar-refractivity contribution in [1.29, 1.82) is 0 Å². The van der Waals surface area contributed by atoms with Crippen molar-refractivity contribution in [2.75, 3.05) is 6.79 Å². The molecule has 104 valence electrons. The maximum Gasteiger partial charge on any atom is 0.417 e. The van der Waals surface area contributed by atoms with E-state index in [1.165, 1.54) is 0 Å². The number of fused-ring (bicyclic) bond motifs is 1. The van der Waals surface area contributed by atoms with Crippen LogP contribution in [-0.4, -0.2) is 11.8 Å². The predicted molar refractivity (Wildman–Crippen MR) is 61.9 cm³/mol. The van der Waals surface area contributed by atoms with Crippen LogP contribution in [0.1, 0.15) is 5.56 Å². The van der Waals surface area contributed by atoms with Crippen LogP contribution in [0.25, 0.3) is 0 Å². The molecule has 0 radical (unpaired) electrons. The number of nitrogens with zero attached hydrogens (tertiary/aromatic N) is 1. The molecule has 1 aromatic heterocycles. The fraction of sp³-hybridized carbons (Fsp3) is 0.154. The van der Waals surface area contributed by atoms with Gasteiger partial charge >= 0.3 is 6.18 Å². The fourth-order valence-corrected chi connectivity index (χ4v) is 1.67. The van der Waals surface area contributed by atoms with E-state index in [9.17, 15) is 13.2 Å². The molecule has 3 rings (SSSR count). The highest BCUT2D eigenvalue weighted by Crippen LogP contribution is 2.36. The summed E-state index contributed by atoms with van der Waals surface area (Å²) in [5.41, 5.74) is -0.824. The third-order valence-electron chi connectivity index (χ3n) is 2.63. The fourth-order valence-electron chi connectivity index (χ4n) is 1.67. The van der Waals surface area contributed by atoms with Crippen LogP contribution >= 0.6 is 0 Å². The van der Waals surface area contributed by atoms with Gasteiger partial charge in [0.05, 0.1) is 5.56 Å². The summed E-state index contributed by atoms with van der Waals surface area (Å²) in [4.78, 5) is 3.62. The first-order valence-corrected chi connectivity index (χ1v) is 5.63. The molecule has 0 saturated carbocycles. The number of rotatable bonds is 2. The number of hydrogen-bond donors (Lipinski definition) is 0. The van der Waals surface area contributed by atoms with E-state index in [2.05, 4.69) is 4.98 Å². The topological polar surface area (TPSA) is 40.6 Å².